The van der Waals surface area contributed by atoms with Crippen LogP contribution < -0.4 is 0 Å². The summed E-state index contributed by atoms with van der Waals surface area (Å²) in [5, 5.41) is 1.45. The van der Waals surface area contributed by atoms with Crippen LogP contribution in [0.4, 0.5) is 4.39 Å². The third kappa shape index (κ3) is 2.57. The highest BCUT2D eigenvalue weighted by molar-refractivity contribution is 5.87. The predicted molar refractivity (Wildman–Crippen MR) is 104 cm³/mol. The molecule has 2 aliphatic heterocycles. The molecule has 5 rings (SSSR count). The van der Waals surface area contributed by atoms with Crippen molar-refractivity contribution in [3.8, 4) is 0 Å². The fraction of sp³-hybridized carbons (Fsp3) is 0.391. The number of hydrogen-bond acceptors (Lipinski definition) is 1. The Morgan fingerprint density at radius 1 is 1.08 bits per heavy atom. The molecule has 0 spiro atoms. The Hall–Kier alpha value is -2.13. The zero-order chi connectivity index (χ0) is 17.7. The molecule has 1 unspecified atom stereocenters. The third-order valence-corrected chi connectivity index (χ3v) is 6.24. The van der Waals surface area contributed by atoms with Crippen LogP contribution in [-0.4, -0.2) is 22.6 Å². The monoisotopic (exact) mass is 348 g/mol. The lowest BCUT2D eigenvalue weighted by Gasteiger charge is -2.31. The molecule has 0 bridgehead atoms. The van der Waals surface area contributed by atoms with Crippen LogP contribution in [0.1, 0.15) is 41.3 Å². The molecule has 0 amide bonds. The first-order chi connectivity index (χ1) is 12.7. The minimum Gasteiger partial charge on any atom is -0.344 e. The van der Waals surface area contributed by atoms with Crippen molar-refractivity contribution in [2.75, 3.05) is 13.1 Å². The molecule has 2 nitrogen and oxygen atoms in total. The lowest BCUT2D eigenvalue weighted by Crippen LogP contribution is -2.31. The molecular formula is C23H25FN2. The Bertz CT molecular complexity index is 954. The van der Waals surface area contributed by atoms with Crippen LogP contribution in [0.15, 0.2) is 42.5 Å². The van der Waals surface area contributed by atoms with E-state index in [0.717, 1.165) is 19.4 Å². The molecule has 1 fully saturated rings. The molecule has 3 aromatic rings. The van der Waals surface area contributed by atoms with Crippen molar-refractivity contribution < 1.29 is 4.39 Å². The van der Waals surface area contributed by atoms with Crippen LogP contribution in [0, 0.1) is 12.7 Å². The molecule has 0 N–H and O–H groups in total. The van der Waals surface area contributed by atoms with E-state index in [0.29, 0.717) is 6.04 Å². The number of halogens is 1. The van der Waals surface area contributed by atoms with Crippen molar-refractivity contribution in [2.24, 2.45) is 0 Å². The van der Waals surface area contributed by atoms with Crippen LogP contribution in [0.25, 0.3) is 10.9 Å². The second kappa shape index (κ2) is 6.24. The molecule has 2 aliphatic rings. The Labute approximate surface area is 154 Å². The first kappa shape index (κ1) is 16.1. The van der Waals surface area contributed by atoms with E-state index in [1.165, 1.54) is 53.7 Å². The van der Waals surface area contributed by atoms with Gasteiger partial charge in [0.25, 0.3) is 0 Å². The molecule has 0 saturated carbocycles. The van der Waals surface area contributed by atoms with E-state index in [9.17, 15) is 4.39 Å². The molecule has 1 aromatic heterocycles. The fourth-order valence-electron chi connectivity index (χ4n) is 5.01. The number of fused-ring (bicyclic) bond motifs is 5. The van der Waals surface area contributed by atoms with E-state index < -0.39 is 0 Å². The van der Waals surface area contributed by atoms with Gasteiger partial charge in [-0.3, -0.25) is 4.90 Å². The molecule has 0 radical (unpaired) electrons. The Morgan fingerprint density at radius 2 is 1.92 bits per heavy atom. The highest BCUT2D eigenvalue weighted by Gasteiger charge is 2.35. The first-order valence-corrected chi connectivity index (χ1v) is 9.81. The summed E-state index contributed by atoms with van der Waals surface area (Å²) < 4.78 is 15.7. The third-order valence-electron chi connectivity index (χ3n) is 6.24. The Balaban J connectivity index is 1.57. The predicted octanol–water partition coefficient (Wildman–Crippen LogP) is 5.02. The molecule has 0 aliphatic carbocycles. The minimum atomic E-state index is -0.158. The first-order valence-electron chi connectivity index (χ1n) is 9.81. The van der Waals surface area contributed by atoms with Gasteiger partial charge in [-0.05, 0) is 68.1 Å². The van der Waals surface area contributed by atoms with Crippen molar-refractivity contribution in [2.45, 2.75) is 45.2 Å². The van der Waals surface area contributed by atoms with Gasteiger partial charge in [-0.25, -0.2) is 4.39 Å². The van der Waals surface area contributed by atoms with Crippen LogP contribution >= 0.6 is 0 Å². The van der Waals surface area contributed by atoms with Gasteiger partial charge in [-0.1, -0.05) is 23.8 Å². The van der Waals surface area contributed by atoms with Gasteiger partial charge in [0.15, 0.2) is 0 Å². The van der Waals surface area contributed by atoms with E-state index in [4.69, 9.17) is 0 Å². The molecule has 2 aromatic carbocycles. The zero-order valence-electron chi connectivity index (χ0n) is 15.3. The van der Waals surface area contributed by atoms with Gasteiger partial charge in [-0.15, -0.1) is 0 Å². The number of aryl methyl sites for hydroxylation is 3. The molecular weight excluding hydrogens is 323 g/mol. The minimum absolute atomic E-state index is 0.158. The number of aromatic nitrogens is 1. The average molecular weight is 348 g/mol. The van der Waals surface area contributed by atoms with Crippen molar-refractivity contribution in [3.63, 3.8) is 0 Å². The van der Waals surface area contributed by atoms with Crippen LogP contribution in [0.5, 0.6) is 0 Å². The maximum atomic E-state index is 13.2. The summed E-state index contributed by atoms with van der Waals surface area (Å²) in [6, 6.07) is 14.5. The smallest absolute Gasteiger partial charge is 0.123 e. The lowest BCUT2D eigenvalue weighted by atomic mass is 9.95. The zero-order valence-corrected chi connectivity index (χ0v) is 15.3. The number of nitrogens with zero attached hydrogens (tertiary/aromatic N) is 2. The second-order valence-corrected chi connectivity index (χ2v) is 7.85. The summed E-state index contributed by atoms with van der Waals surface area (Å²) in [7, 11) is 0. The van der Waals surface area contributed by atoms with Gasteiger partial charge in [0.1, 0.15) is 5.82 Å². The molecule has 1 atom stereocenters. The Morgan fingerprint density at radius 3 is 2.77 bits per heavy atom. The van der Waals surface area contributed by atoms with Crippen molar-refractivity contribution in [3.05, 3.63) is 70.7 Å². The topological polar surface area (TPSA) is 8.17 Å². The van der Waals surface area contributed by atoms with Crippen LogP contribution in [0.3, 0.4) is 0 Å². The van der Waals surface area contributed by atoms with Gasteiger partial charge in [-0.2, -0.15) is 0 Å². The SMILES string of the molecule is Cc1ccc2c(c1)c1c(n2CCc2ccc(F)cc2)CCN2CCCC12. The maximum absolute atomic E-state index is 13.2. The maximum Gasteiger partial charge on any atom is 0.123 e. The Kier molecular flexibility index (Phi) is 3.86. The van der Waals surface area contributed by atoms with Gasteiger partial charge >= 0.3 is 0 Å². The van der Waals surface area contributed by atoms with Gasteiger partial charge in [0, 0.05) is 42.1 Å². The normalized spacial score (nSPS) is 19.7. The number of benzene rings is 2. The van der Waals surface area contributed by atoms with Crippen molar-refractivity contribution >= 4 is 10.9 Å². The quantitative estimate of drug-likeness (QED) is 0.645. The molecule has 26 heavy (non-hydrogen) atoms. The number of rotatable bonds is 3. The van der Waals surface area contributed by atoms with E-state index in [-0.39, 0.29) is 5.82 Å². The summed E-state index contributed by atoms with van der Waals surface area (Å²) in [5.41, 5.74) is 7.04. The molecule has 3 heterocycles. The highest BCUT2D eigenvalue weighted by atomic mass is 19.1. The van der Waals surface area contributed by atoms with Crippen molar-refractivity contribution in [1.82, 2.24) is 9.47 Å². The standard InChI is InChI=1S/C23H25FN2/c1-16-4-9-20-19(15-16)23-21-3-2-12-25(21)13-11-22(23)26(20)14-10-17-5-7-18(24)8-6-17/h4-9,15,21H,2-3,10-14H2,1H3. The summed E-state index contributed by atoms with van der Waals surface area (Å²) in [6.07, 6.45) is 4.69. The largest absolute Gasteiger partial charge is 0.344 e. The van der Waals surface area contributed by atoms with Gasteiger partial charge in [0.05, 0.1) is 0 Å². The fourth-order valence-corrected chi connectivity index (χ4v) is 5.01. The molecule has 3 heteroatoms. The van der Waals surface area contributed by atoms with E-state index in [1.807, 2.05) is 12.1 Å². The second-order valence-electron chi connectivity index (χ2n) is 7.85. The van der Waals surface area contributed by atoms with E-state index >= 15 is 0 Å². The average Bonchev–Trinajstić information content (AvgIpc) is 3.23. The summed E-state index contributed by atoms with van der Waals surface area (Å²) in [5.74, 6) is -0.158. The molecule has 1 saturated heterocycles. The van der Waals surface area contributed by atoms with Gasteiger partial charge < -0.3 is 4.57 Å². The van der Waals surface area contributed by atoms with E-state index in [2.05, 4.69) is 34.6 Å². The van der Waals surface area contributed by atoms with Crippen LogP contribution in [0.2, 0.25) is 0 Å². The highest BCUT2D eigenvalue weighted by Crippen LogP contribution is 2.43. The lowest BCUT2D eigenvalue weighted by molar-refractivity contribution is 0.242. The summed E-state index contributed by atoms with van der Waals surface area (Å²) in [4.78, 5) is 2.68. The summed E-state index contributed by atoms with van der Waals surface area (Å²) in [6.45, 7) is 5.59. The van der Waals surface area contributed by atoms with Gasteiger partial charge in [0.2, 0.25) is 0 Å². The van der Waals surface area contributed by atoms with Crippen LogP contribution in [-0.2, 0) is 19.4 Å². The summed E-state index contributed by atoms with van der Waals surface area (Å²) >= 11 is 0. The number of hydrogen-bond donors (Lipinski definition) is 0. The van der Waals surface area contributed by atoms with E-state index in [1.54, 1.807) is 17.7 Å². The van der Waals surface area contributed by atoms with Crippen molar-refractivity contribution in [1.29, 1.82) is 0 Å². The molecule has 134 valence electrons.